The molecule has 0 unspecified atom stereocenters. The zero-order valence-corrected chi connectivity index (χ0v) is 8.10. The summed E-state index contributed by atoms with van der Waals surface area (Å²) in [5, 5.41) is 2.88. The van der Waals surface area contributed by atoms with Gasteiger partial charge in [0.05, 0.1) is 24.3 Å². The molecule has 1 aliphatic heterocycles. The molecule has 1 aromatic rings. The molecule has 5 nitrogen and oxygen atoms in total. The van der Waals surface area contributed by atoms with Gasteiger partial charge in [-0.2, -0.15) is 0 Å². The maximum atomic E-state index is 11.2. The minimum atomic E-state index is -0.0938. The first kappa shape index (κ1) is 9.21. The van der Waals surface area contributed by atoms with Crippen LogP contribution in [-0.4, -0.2) is 21.5 Å². The van der Waals surface area contributed by atoms with Crippen LogP contribution in [0.3, 0.4) is 0 Å². The summed E-state index contributed by atoms with van der Waals surface area (Å²) in [5.41, 5.74) is 6.91. The van der Waals surface area contributed by atoms with Gasteiger partial charge in [-0.1, -0.05) is 0 Å². The van der Waals surface area contributed by atoms with Crippen LogP contribution in [0.1, 0.15) is 24.6 Å². The minimum Gasteiger partial charge on any atom is -0.346 e. The highest BCUT2D eigenvalue weighted by atomic mass is 16.1. The fourth-order valence-electron chi connectivity index (χ4n) is 1.78. The molecule has 2 heterocycles. The lowest BCUT2D eigenvalue weighted by Gasteiger charge is -2.29. The van der Waals surface area contributed by atoms with Gasteiger partial charge in [-0.25, -0.2) is 4.98 Å². The zero-order valence-electron chi connectivity index (χ0n) is 8.10. The number of aryl methyl sites for hydroxylation is 1. The lowest BCUT2D eigenvalue weighted by molar-refractivity contribution is -0.123. The summed E-state index contributed by atoms with van der Waals surface area (Å²) in [6.07, 6.45) is 4.72. The highest BCUT2D eigenvalue weighted by Gasteiger charge is 2.28. The standard InChI is InChI=1S/C9H14N4O/c1-13-5-11-4-7(13)9-6(10)2-3-8(14)12-9/h4-6,9H,2-3,10H2,1H3,(H,12,14)/t6-,9-/m1/s1. The summed E-state index contributed by atoms with van der Waals surface area (Å²) in [7, 11) is 1.90. The van der Waals surface area contributed by atoms with Gasteiger partial charge in [0, 0.05) is 19.5 Å². The van der Waals surface area contributed by atoms with Crippen molar-refractivity contribution in [2.75, 3.05) is 0 Å². The summed E-state index contributed by atoms with van der Waals surface area (Å²) < 4.78 is 1.89. The molecule has 5 heteroatoms. The molecule has 14 heavy (non-hydrogen) atoms. The topological polar surface area (TPSA) is 72.9 Å². The Bertz CT molecular complexity index is 346. The molecule has 0 bridgehead atoms. The Morgan fingerprint density at radius 3 is 3.14 bits per heavy atom. The van der Waals surface area contributed by atoms with E-state index in [1.807, 2.05) is 11.6 Å². The summed E-state index contributed by atoms with van der Waals surface area (Å²) in [4.78, 5) is 15.2. The zero-order chi connectivity index (χ0) is 10.1. The third-order valence-electron chi connectivity index (χ3n) is 2.62. The molecule has 0 aliphatic carbocycles. The first-order valence-corrected chi connectivity index (χ1v) is 4.69. The number of amides is 1. The molecule has 1 aliphatic rings. The monoisotopic (exact) mass is 194 g/mol. The van der Waals surface area contributed by atoms with Crippen molar-refractivity contribution in [3.05, 3.63) is 18.2 Å². The van der Waals surface area contributed by atoms with Crippen LogP contribution in [0.5, 0.6) is 0 Å². The molecule has 0 radical (unpaired) electrons. The van der Waals surface area contributed by atoms with E-state index in [1.54, 1.807) is 12.5 Å². The van der Waals surface area contributed by atoms with E-state index in [9.17, 15) is 4.79 Å². The third-order valence-corrected chi connectivity index (χ3v) is 2.62. The van der Waals surface area contributed by atoms with E-state index in [4.69, 9.17) is 5.73 Å². The van der Waals surface area contributed by atoms with Crippen LogP contribution >= 0.6 is 0 Å². The first-order valence-electron chi connectivity index (χ1n) is 4.69. The second-order valence-corrected chi connectivity index (χ2v) is 3.68. The van der Waals surface area contributed by atoms with E-state index in [-0.39, 0.29) is 18.0 Å². The molecule has 1 fully saturated rings. The smallest absolute Gasteiger partial charge is 0.220 e. The van der Waals surface area contributed by atoms with Gasteiger partial charge in [0.1, 0.15) is 0 Å². The number of nitrogens with two attached hydrogens (primary N) is 1. The Morgan fingerprint density at radius 1 is 1.71 bits per heavy atom. The number of hydrogen-bond donors (Lipinski definition) is 2. The van der Waals surface area contributed by atoms with E-state index in [1.165, 1.54) is 0 Å². The van der Waals surface area contributed by atoms with Gasteiger partial charge in [-0.15, -0.1) is 0 Å². The van der Waals surface area contributed by atoms with Crippen molar-refractivity contribution in [2.45, 2.75) is 24.9 Å². The summed E-state index contributed by atoms with van der Waals surface area (Å²) >= 11 is 0. The molecule has 1 amide bonds. The number of aromatic nitrogens is 2. The predicted molar refractivity (Wildman–Crippen MR) is 51.3 cm³/mol. The van der Waals surface area contributed by atoms with Gasteiger partial charge < -0.3 is 15.6 Å². The van der Waals surface area contributed by atoms with Crippen molar-refractivity contribution in [3.63, 3.8) is 0 Å². The van der Waals surface area contributed by atoms with Gasteiger partial charge >= 0.3 is 0 Å². The molecule has 76 valence electrons. The van der Waals surface area contributed by atoms with Crippen LogP contribution in [0.4, 0.5) is 0 Å². The van der Waals surface area contributed by atoms with E-state index in [0.29, 0.717) is 6.42 Å². The predicted octanol–water partition coefficient (Wildman–Crippen LogP) is -0.302. The van der Waals surface area contributed by atoms with Gasteiger partial charge in [0.15, 0.2) is 0 Å². The Morgan fingerprint density at radius 2 is 2.50 bits per heavy atom. The lowest BCUT2D eigenvalue weighted by Crippen LogP contribution is -2.46. The SMILES string of the molecule is Cn1cncc1[C@@H]1NC(=O)CC[C@H]1N. The first-order chi connectivity index (χ1) is 6.68. The second-order valence-electron chi connectivity index (χ2n) is 3.68. The molecular formula is C9H14N4O. The maximum Gasteiger partial charge on any atom is 0.220 e. The lowest BCUT2D eigenvalue weighted by atomic mass is 9.96. The van der Waals surface area contributed by atoms with Crippen LogP contribution in [0.15, 0.2) is 12.5 Å². The third kappa shape index (κ3) is 1.50. The van der Waals surface area contributed by atoms with Crippen LogP contribution in [-0.2, 0) is 11.8 Å². The molecule has 0 saturated carbocycles. The molecule has 1 aromatic heterocycles. The summed E-state index contributed by atoms with van der Waals surface area (Å²) in [5.74, 6) is 0.0675. The summed E-state index contributed by atoms with van der Waals surface area (Å²) in [6.45, 7) is 0. The van der Waals surface area contributed by atoms with Crippen molar-refractivity contribution in [1.82, 2.24) is 14.9 Å². The van der Waals surface area contributed by atoms with E-state index in [2.05, 4.69) is 10.3 Å². The molecule has 0 aromatic carbocycles. The second kappa shape index (κ2) is 3.42. The number of nitrogens with one attached hydrogen (secondary N) is 1. The van der Waals surface area contributed by atoms with Gasteiger partial charge in [-0.3, -0.25) is 4.79 Å². The molecular weight excluding hydrogens is 180 g/mol. The Hall–Kier alpha value is -1.36. The normalized spacial score (nSPS) is 27.4. The molecule has 3 N–H and O–H groups in total. The van der Waals surface area contributed by atoms with E-state index < -0.39 is 0 Å². The fraction of sp³-hybridized carbons (Fsp3) is 0.556. The van der Waals surface area contributed by atoms with Crippen molar-refractivity contribution < 1.29 is 4.79 Å². The van der Waals surface area contributed by atoms with Gasteiger partial charge in [0.25, 0.3) is 0 Å². The number of imidazole rings is 1. The average molecular weight is 194 g/mol. The van der Waals surface area contributed by atoms with E-state index in [0.717, 1.165) is 12.1 Å². The van der Waals surface area contributed by atoms with Crippen LogP contribution in [0.25, 0.3) is 0 Å². The van der Waals surface area contributed by atoms with Crippen LogP contribution in [0, 0.1) is 0 Å². The van der Waals surface area contributed by atoms with Gasteiger partial charge in [-0.05, 0) is 6.42 Å². The number of piperidine rings is 1. The Kier molecular flexibility index (Phi) is 2.25. The van der Waals surface area contributed by atoms with Crippen molar-refractivity contribution >= 4 is 5.91 Å². The summed E-state index contributed by atoms with van der Waals surface area (Å²) in [6, 6.07) is -0.105. The van der Waals surface area contributed by atoms with Crippen molar-refractivity contribution in [2.24, 2.45) is 12.8 Å². The van der Waals surface area contributed by atoms with Gasteiger partial charge in [0.2, 0.25) is 5.91 Å². The maximum absolute atomic E-state index is 11.2. The molecule has 2 atom stereocenters. The number of rotatable bonds is 1. The highest BCUT2D eigenvalue weighted by Crippen LogP contribution is 2.21. The number of nitrogens with zero attached hydrogens (tertiary/aromatic N) is 2. The quantitative estimate of drug-likeness (QED) is 0.644. The highest BCUT2D eigenvalue weighted by molar-refractivity contribution is 5.77. The minimum absolute atomic E-state index is 0.0110. The average Bonchev–Trinajstić information content (AvgIpc) is 2.56. The fourth-order valence-corrected chi connectivity index (χ4v) is 1.78. The molecule has 2 rings (SSSR count). The van der Waals surface area contributed by atoms with Crippen molar-refractivity contribution in [1.29, 1.82) is 0 Å². The van der Waals surface area contributed by atoms with E-state index >= 15 is 0 Å². The van der Waals surface area contributed by atoms with Crippen molar-refractivity contribution in [3.8, 4) is 0 Å². The molecule has 0 spiro atoms. The number of carbonyl (C=O) groups is 1. The Balaban J connectivity index is 2.24. The van der Waals surface area contributed by atoms with Crippen LogP contribution < -0.4 is 11.1 Å². The largest absolute Gasteiger partial charge is 0.346 e. The Labute approximate surface area is 82.3 Å². The molecule has 1 saturated heterocycles. The number of carbonyl (C=O) groups excluding carboxylic acids is 1. The van der Waals surface area contributed by atoms with Crippen LogP contribution in [0.2, 0.25) is 0 Å². The number of hydrogen-bond acceptors (Lipinski definition) is 3.